The number of carbonyl (C=O) groups is 1. The minimum absolute atomic E-state index is 0.0473. The van der Waals surface area contributed by atoms with Crippen LogP contribution in [0.25, 0.3) is 0 Å². The van der Waals surface area contributed by atoms with E-state index in [-0.39, 0.29) is 12.4 Å². The van der Waals surface area contributed by atoms with E-state index < -0.39 is 0 Å². The molecule has 0 saturated heterocycles. The lowest BCUT2D eigenvalue weighted by Crippen LogP contribution is -1.96. The first-order valence-electron chi connectivity index (χ1n) is 8.61. The molecule has 2 heteroatoms. The summed E-state index contributed by atoms with van der Waals surface area (Å²) in [6, 6.07) is 24.7. The van der Waals surface area contributed by atoms with Gasteiger partial charge in [0.25, 0.3) is 0 Å². The molecule has 0 spiro atoms. The van der Waals surface area contributed by atoms with Gasteiger partial charge in [0.15, 0.2) is 5.78 Å². The van der Waals surface area contributed by atoms with Crippen molar-refractivity contribution in [3.8, 4) is 29.4 Å². The number of carbonyl (C=O) groups excluding carboxylic acids is 1. The van der Waals surface area contributed by atoms with Crippen LogP contribution in [-0.4, -0.2) is 12.4 Å². The van der Waals surface area contributed by atoms with E-state index in [4.69, 9.17) is 4.74 Å². The average molecular weight is 350 g/mol. The maximum Gasteiger partial charge on any atom is 0.159 e. The number of Topliss-reactive ketones (excluding diaryl/α,β-unsaturated/α-hetero) is 1. The van der Waals surface area contributed by atoms with Gasteiger partial charge in [-0.15, -0.1) is 0 Å². The van der Waals surface area contributed by atoms with Gasteiger partial charge in [0.1, 0.15) is 12.4 Å². The molecule has 0 bridgehead atoms. The maximum atomic E-state index is 11.3. The van der Waals surface area contributed by atoms with E-state index in [2.05, 4.69) is 23.7 Å². The fourth-order valence-electron chi connectivity index (χ4n) is 2.40. The highest BCUT2D eigenvalue weighted by atomic mass is 16.5. The molecule has 0 unspecified atom stereocenters. The maximum absolute atomic E-state index is 11.3. The third-order valence-electron chi connectivity index (χ3n) is 3.83. The van der Waals surface area contributed by atoms with Crippen LogP contribution in [0.2, 0.25) is 0 Å². The van der Waals surface area contributed by atoms with Crippen molar-refractivity contribution in [2.45, 2.75) is 6.92 Å². The molecular weight excluding hydrogens is 332 g/mol. The molecule has 0 heterocycles. The lowest BCUT2D eigenvalue weighted by atomic mass is 10.1. The Balaban J connectivity index is 1.66. The molecule has 0 amide bonds. The Hall–Kier alpha value is -3.75. The number of rotatable bonds is 3. The minimum Gasteiger partial charge on any atom is -0.480 e. The number of ketones is 1. The number of benzene rings is 3. The van der Waals surface area contributed by atoms with Crippen molar-refractivity contribution in [2.75, 3.05) is 6.61 Å². The van der Waals surface area contributed by atoms with Crippen molar-refractivity contribution < 1.29 is 9.53 Å². The minimum atomic E-state index is 0.0473. The van der Waals surface area contributed by atoms with Crippen molar-refractivity contribution in [3.05, 3.63) is 101 Å². The highest BCUT2D eigenvalue weighted by molar-refractivity contribution is 5.94. The van der Waals surface area contributed by atoms with E-state index in [0.717, 1.165) is 16.7 Å². The standard InChI is InChI=1S/C25H18O2/c1-20(26)23-16-13-22(14-17-23)10-7-19-27-25-12-6-5-11-24(25)18-15-21-8-3-2-4-9-21/h2-6,8-9,11-14,16-17H,19H2,1H3. The first-order chi connectivity index (χ1) is 13.2. The molecule has 3 rings (SSSR count). The SMILES string of the molecule is CC(=O)c1ccc(C#CCOc2ccccc2C#Cc2ccccc2)cc1. The molecule has 0 aliphatic rings. The first-order valence-corrected chi connectivity index (χ1v) is 8.61. The zero-order valence-electron chi connectivity index (χ0n) is 15.0. The summed E-state index contributed by atoms with van der Waals surface area (Å²) in [5.74, 6) is 13.1. The number of hydrogen-bond acceptors (Lipinski definition) is 2. The molecule has 130 valence electrons. The van der Waals surface area contributed by atoms with Gasteiger partial charge in [-0.05, 0) is 43.3 Å². The molecule has 3 aromatic rings. The van der Waals surface area contributed by atoms with Gasteiger partial charge in [-0.2, -0.15) is 0 Å². The highest BCUT2D eigenvalue weighted by Gasteiger charge is 1.99. The lowest BCUT2D eigenvalue weighted by Gasteiger charge is -2.04. The van der Waals surface area contributed by atoms with Crippen molar-refractivity contribution in [1.29, 1.82) is 0 Å². The summed E-state index contributed by atoms with van der Waals surface area (Å²) in [7, 11) is 0. The van der Waals surface area contributed by atoms with Gasteiger partial charge in [0, 0.05) is 16.7 Å². The fraction of sp³-hybridized carbons (Fsp3) is 0.0800. The second kappa shape index (κ2) is 9.09. The van der Waals surface area contributed by atoms with Gasteiger partial charge in [0.2, 0.25) is 0 Å². The Bertz CT molecular complexity index is 1040. The van der Waals surface area contributed by atoms with E-state index in [1.807, 2.05) is 66.7 Å². The van der Waals surface area contributed by atoms with E-state index >= 15 is 0 Å². The van der Waals surface area contributed by atoms with Crippen LogP contribution < -0.4 is 4.74 Å². The third-order valence-corrected chi connectivity index (χ3v) is 3.83. The number of para-hydroxylation sites is 1. The zero-order valence-corrected chi connectivity index (χ0v) is 15.0. The Morgan fingerprint density at radius 2 is 1.44 bits per heavy atom. The molecule has 0 N–H and O–H groups in total. The Labute approximate surface area is 159 Å². The Morgan fingerprint density at radius 1 is 0.778 bits per heavy atom. The normalized spacial score (nSPS) is 9.37. The van der Waals surface area contributed by atoms with Crippen LogP contribution in [-0.2, 0) is 0 Å². The molecule has 0 fully saturated rings. The van der Waals surface area contributed by atoms with Crippen molar-refractivity contribution in [3.63, 3.8) is 0 Å². The molecule has 27 heavy (non-hydrogen) atoms. The smallest absolute Gasteiger partial charge is 0.159 e. The average Bonchev–Trinajstić information content (AvgIpc) is 2.71. The largest absolute Gasteiger partial charge is 0.480 e. The second-order valence-electron chi connectivity index (χ2n) is 5.84. The van der Waals surface area contributed by atoms with Crippen LogP contribution in [0.3, 0.4) is 0 Å². The topological polar surface area (TPSA) is 26.3 Å². The summed E-state index contributed by atoms with van der Waals surface area (Å²) in [6.07, 6.45) is 0. The number of ether oxygens (including phenoxy) is 1. The molecule has 0 aliphatic heterocycles. The van der Waals surface area contributed by atoms with Crippen LogP contribution in [0.5, 0.6) is 5.75 Å². The van der Waals surface area contributed by atoms with Crippen LogP contribution >= 0.6 is 0 Å². The summed E-state index contributed by atoms with van der Waals surface area (Å²) in [5.41, 5.74) is 3.32. The second-order valence-corrected chi connectivity index (χ2v) is 5.84. The monoisotopic (exact) mass is 350 g/mol. The third kappa shape index (κ3) is 5.36. The molecular formula is C25H18O2. The van der Waals surface area contributed by atoms with E-state index in [1.165, 1.54) is 0 Å². The quantitative estimate of drug-likeness (QED) is 0.505. The van der Waals surface area contributed by atoms with Gasteiger partial charge in [-0.3, -0.25) is 4.79 Å². The number of hydrogen-bond donors (Lipinski definition) is 0. The van der Waals surface area contributed by atoms with Crippen molar-refractivity contribution >= 4 is 5.78 Å². The van der Waals surface area contributed by atoms with Gasteiger partial charge < -0.3 is 4.74 Å². The molecule has 0 aliphatic carbocycles. The molecule has 0 saturated carbocycles. The van der Waals surface area contributed by atoms with Crippen LogP contribution in [0.15, 0.2) is 78.9 Å². The molecule has 3 aromatic carbocycles. The summed E-state index contributed by atoms with van der Waals surface area (Å²) < 4.78 is 5.78. The summed E-state index contributed by atoms with van der Waals surface area (Å²) in [6.45, 7) is 1.81. The van der Waals surface area contributed by atoms with Gasteiger partial charge in [-0.1, -0.05) is 66.1 Å². The molecule has 0 atom stereocenters. The van der Waals surface area contributed by atoms with Crippen LogP contribution in [0.4, 0.5) is 0 Å². The van der Waals surface area contributed by atoms with Crippen LogP contribution in [0, 0.1) is 23.7 Å². The summed E-state index contributed by atoms with van der Waals surface area (Å²) in [5, 5.41) is 0. The van der Waals surface area contributed by atoms with Crippen LogP contribution in [0.1, 0.15) is 34.0 Å². The lowest BCUT2D eigenvalue weighted by molar-refractivity contribution is 0.101. The predicted octanol–water partition coefficient (Wildman–Crippen LogP) is 4.72. The van der Waals surface area contributed by atoms with Crippen molar-refractivity contribution in [1.82, 2.24) is 0 Å². The molecule has 0 radical (unpaired) electrons. The fourth-order valence-corrected chi connectivity index (χ4v) is 2.40. The van der Waals surface area contributed by atoms with Gasteiger partial charge >= 0.3 is 0 Å². The highest BCUT2D eigenvalue weighted by Crippen LogP contribution is 2.16. The van der Waals surface area contributed by atoms with Gasteiger partial charge in [-0.25, -0.2) is 0 Å². The van der Waals surface area contributed by atoms with E-state index in [1.54, 1.807) is 19.1 Å². The first kappa shape index (κ1) is 18.1. The Kier molecular flexibility index (Phi) is 6.08. The zero-order chi connectivity index (χ0) is 18.9. The van der Waals surface area contributed by atoms with Crippen molar-refractivity contribution in [2.24, 2.45) is 0 Å². The van der Waals surface area contributed by atoms with Gasteiger partial charge in [0.05, 0.1) is 5.56 Å². The summed E-state index contributed by atoms with van der Waals surface area (Å²) >= 11 is 0. The molecule has 0 aromatic heterocycles. The summed E-state index contributed by atoms with van der Waals surface area (Å²) in [4.78, 5) is 11.3. The Morgan fingerprint density at radius 3 is 2.19 bits per heavy atom. The predicted molar refractivity (Wildman–Crippen MR) is 108 cm³/mol. The van der Waals surface area contributed by atoms with E-state index in [9.17, 15) is 4.79 Å². The van der Waals surface area contributed by atoms with E-state index in [0.29, 0.717) is 11.3 Å². The molecule has 2 nitrogen and oxygen atoms in total.